The maximum atomic E-state index is 5.75. The summed E-state index contributed by atoms with van der Waals surface area (Å²) in [6, 6.07) is 0. The summed E-state index contributed by atoms with van der Waals surface area (Å²) in [7, 11) is 1.89. The van der Waals surface area contributed by atoms with Gasteiger partial charge in [-0.15, -0.1) is 0 Å². The first kappa shape index (κ1) is 11.4. The van der Waals surface area contributed by atoms with E-state index in [2.05, 4.69) is 33.8 Å². The zero-order valence-corrected chi connectivity index (χ0v) is 10.9. The smallest absolute Gasteiger partial charge is 0.163 e. The monoisotopic (exact) mass is 247 g/mol. The molecule has 0 N–H and O–H groups in total. The van der Waals surface area contributed by atoms with Crippen LogP contribution in [0.5, 0.6) is 0 Å². The molecule has 0 amide bonds. The maximum absolute atomic E-state index is 5.75. The summed E-state index contributed by atoms with van der Waals surface area (Å²) in [4.78, 5) is 10.9. The Balaban J connectivity index is 2.03. The molecule has 0 bridgehead atoms. The molecular formula is C12H17N5O. The molecule has 0 spiro atoms. The largest absolute Gasteiger partial charge is 0.372 e. The van der Waals surface area contributed by atoms with Gasteiger partial charge in [0.2, 0.25) is 0 Å². The molecule has 1 aliphatic heterocycles. The van der Waals surface area contributed by atoms with Crippen LogP contribution in [0.3, 0.4) is 0 Å². The Hall–Kier alpha value is -1.69. The van der Waals surface area contributed by atoms with Gasteiger partial charge >= 0.3 is 0 Å². The molecule has 3 heterocycles. The second-order valence-corrected chi connectivity index (χ2v) is 4.87. The predicted molar refractivity (Wildman–Crippen MR) is 68.5 cm³/mol. The average molecular weight is 247 g/mol. The lowest BCUT2D eigenvalue weighted by atomic mass is 10.2. The number of fused-ring (bicyclic) bond motifs is 1. The highest BCUT2D eigenvalue weighted by atomic mass is 16.5. The van der Waals surface area contributed by atoms with Gasteiger partial charge in [0.05, 0.1) is 23.8 Å². The quantitative estimate of drug-likeness (QED) is 0.751. The molecular weight excluding hydrogens is 230 g/mol. The summed E-state index contributed by atoms with van der Waals surface area (Å²) in [5.74, 6) is 0.954. The Morgan fingerprint density at radius 3 is 2.67 bits per heavy atom. The zero-order chi connectivity index (χ0) is 12.7. The van der Waals surface area contributed by atoms with Crippen LogP contribution in [0.2, 0.25) is 0 Å². The summed E-state index contributed by atoms with van der Waals surface area (Å²) in [5, 5.41) is 5.25. The van der Waals surface area contributed by atoms with Crippen LogP contribution in [0.1, 0.15) is 13.8 Å². The van der Waals surface area contributed by atoms with Gasteiger partial charge in [0, 0.05) is 20.1 Å². The van der Waals surface area contributed by atoms with Crippen LogP contribution < -0.4 is 4.90 Å². The lowest BCUT2D eigenvalue weighted by molar-refractivity contribution is -0.00537. The lowest BCUT2D eigenvalue weighted by Crippen LogP contribution is -2.45. The topological polar surface area (TPSA) is 56.1 Å². The molecule has 6 heteroatoms. The normalized spacial score (nSPS) is 24.7. The fourth-order valence-corrected chi connectivity index (χ4v) is 2.55. The molecule has 0 aliphatic carbocycles. The summed E-state index contributed by atoms with van der Waals surface area (Å²) in [6.07, 6.45) is 3.87. The summed E-state index contributed by atoms with van der Waals surface area (Å²) in [6.45, 7) is 5.88. The van der Waals surface area contributed by atoms with E-state index in [1.54, 1.807) is 11.0 Å². The van der Waals surface area contributed by atoms with Gasteiger partial charge in [0.15, 0.2) is 5.65 Å². The third-order valence-electron chi connectivity index (χ3n) is 3.23. The van der Waals surface area contributed by atoms with Gasteiger partial charge in [0.25, 0.3) is 0 Å². The van der Waals surface area contributed by atoms with Crippen LogP contribution in [0.15, 0.2) is 12.5 Å². The SMILES string of the molecule is C[C@@H]1CN(c2ncnc3c2cnn3C)C[C@H](C)O1. The molecule has 0 radical (unpaired) electrons. The Bertz CT molecular complexity index is 557. The van der Waals surface area contributed by atoms with E-state index >= 15 is 0 Å². The maximum Gasteiger partial charge on any atom is 0.163 e. The van der Waals surface area contributed by atoms with Crippen molar-refractivity contribution >= 4 is 16.9 Å². The average Bonchev–Trinajstić information content (AvgIpc) is 2.70. The number of rotatable bonds is 1. The van der Waals surface area contributed by atoms with Crippen molar-refractivity contribution in [3.05, 3.63) is 12.5 Å². The van der Waals surface area contributed by atoms with Gasteiger partial charge in [-0.05, 0) is 13.8 Å². The van der Waals surface area contributed by atoms with Crippen LogP contribution in [0.25, 0.3) is 11.0 Å². The van der Waals surface area contributed by atoms with E-state index in [-0.39, 0.29) is 12.2 Å². The molecule has 1 aliphatic rings. The number of nitrogens with zero attached hydrogens (tertiary/aromatic N) is 5. The Morgan fingerprint density at radius 1 is 1.22 bits per heavy atom. The van der Waals surface area contributed by atoms with E-state index in [0.29, 0.717) is 0 Å². The van der Waals surface area contributed by atoms with Crippen molar-refractivity contribution in [1.29, 1.82) is 0 Å². The molecule has 0 aromatic carbocycles. The molecule has 2 aromatic heterocycles. The third-order valence-corrected chi connectivity index (χ3v) is 3.23. The summed E-state index contributed by atoms with van der Waals surface area (Å²) < 4.78 is 7.52. The Kier molecular flexibility index (Phi) is 2.66. The van der Waals surface area contributed by atoms with Crippen LogP contribution in [0.4, 0.5) is 5.82 Å². The molecule has 1 fully saturated rings. The van der Waals surface area contributed by atoms with Gasteiger partial charge in [-0.1, -0.05) is 0 Å². The standard InChI is InChI=1S/C12H17N5O/c1-8-5-17(6-9(2)18-8)12-10-4-15-16(3)11(10)13-7-14-12/h4,7-9H,5-6H2,1-3H3/t8-,9+. The molecule has 18 heavy (non-hydrogen) atoms. The highest BCUT2D eigenvalue weighted by Crippen LogP contribution is 2.25. The fraction of sp³-hybridized carbons (Fsp3) is 0.583. The van der Waals surface area contributed by atoms with Gasteiger partial charge < -0.3 is 9.64 Å². The van der Waals surface area contributed by atoms with Crippen molar-refractivity contribution < 1.29 is 4.74 Å². The minimum absolute atomic E-state index is 0.218. The molecule has 6 nitrogen and oxygen atoms in total. The van der Waals surface area contributed by atoms with E-state index in [1.807, 2.05) is 13.2 Å². The fourth-order valence-electron chi connectivity index (χ4n) is 2.55. The second-order valence-electron chi connectivity index (χ2n) is 4.87. The van der Waals surface area contributed by atoms with Crippen molar-refractivity contribution in [3.8, 4) is 0 Å². The summed E-state index contributed by atoms with van der Waals surface area (Å²) >= 11 is 0. The molecule has 2 atom stereocenters. The van der Waals surface area contributed by atoms with E-state index in [9.17, 15) is 0 Å². The number of aryl methyl sites for hydroxylation is 1. The number of ether oxygens (including phenoxy) is 1. The van der Waals surface area contributed by atoms with E-state index in [1.165, 1.54) is 0 Å². The summed E-state index contributed by atoms with van der Waals surface area (Å²) in [5.41, 5.74) is 0.867. The second kappa shape index (κ2) is 4.20. The zero-order valence-electron chi connectivity index (χ0n) is 10.9. The Labute approximate surface area is 106 Å². The lowest BCUT2D eigenvalue weighted by Gasteiger charge is -2.36. The van der Waals surface area contributed by atoms with Crippen molar-refractivity contribution in [2.24, 2.45) is 7.05 Å². The molecule has 1 saturated heterocycles. The molecule has 2 aromatic rings. The molecule has 3 rings (SSSR count). The number of morpholine rings is 1. The van der Waals surface area contributed by atoms with Crippen molar-refractivity contribution in [1.82, 2.24) is 19.7 Å². The minimum atomic E-state index is 0.218. The van der Waals surface area contributed by atoms with Crippen molar-refractivity contribution in [3.63, 3.8) is 0 Å². The number of hydrogen-bond acceptors (Lipinski definition) is 5. The van der Waals surface area contributed by atoms with Crippen molar-refractivity contribution in [2.45, 2.75) is 26.1 Å². The van der Waals surface area contributed by atoms with Crippen LogP contribution in [-0.4, -0.2) is 45.0 Å². The highest BCUT2D eigenvalue weighted by molar-refractivity contribution is 5.86. The first-order chi connectivity index (χ1) is 8.65. The molecule has 0 unspecified atom stereocenters. The van der Waals surface area contributed by atoms with Gasteiger partial charge in [-0.2, -0.15) is 5.10 Å². The van der Waals surface area contributed by atoms with E-state index < -0.39 is 0 Å². The first-order valence-electron chi connectivity index (χ1n) is 6.18. The number of hydrogen-bond donors (Lipinski definition) is 0. The van der Waals surface area contributed by atoms with Crippen LogP contribution in [0, 0.1) is 0 Å². The van der Waals surface area contributed by atoms with E-state index in [4.69, 9.17) is 4.74 Å². The van der Waals surface area contributed by atoms with Gasteiger partial charge in [-0.25, -0.2) is 9.97 Å². The Morgan fingerprint density at radius 2 is 1.94 bits per heavy atom. The number of aromatic nitrogens is 4. The minimum Gasteiger partial charge on any atom is -0.372 e. The molecule has 96 valence electrons. The number of anilines is 1. The predicted octanol–water partition coefficient (Wildman–Crippen LogP) is 0.977. The van der Waals surface area contributed by atoms with Gasteiger partial charge in [-0.3, -0.25) is 4.68 Å². The molecule has 0 saturated carbocycles. The first-order valence-corrected chi connectivity index (χ1v) is 6.18. The van der Waals surface area contributed by atoms with Gasteiger partial charge in [0.1, 0.15) is 12.1 Å². The van der Waals surface area contributed by atoms with Crippen LogP contribution >= 0.6 is 0 Å². The van der Waals surface area contributed by atoms with E-state index in [0.717, 1.165) is 29.9 Å². The third kappa shape index (κ3) is 1.82. The van der Waals surface area contributed by atoms with Crippen LogP contribution in [-0.2, 0) is 11.8 Å². The van der Waals surface area contributed by atoms with Crippen molar-refractivity contribution in [2.75, 3.05) is 18.0 Å². The highest BCUT2D eigenvalue weighted by Gasteiger charge is 2.25.